The van der Waals surface area contributed by atoms with Gasteiger partial charge in [-0.3, -0.25) is 9.69 Å². The Bertz CT molecular complexity index is 1110. The zero-order valence-corrected chi connectivity index (χ0v) is 19.5. The summed E-state index contributed by atoms with van der Waals surface area (Å²) < 4.78 is 7.24. The second kappa shape index (κ2) is 10.7. The van der Waals surface area contributed by atoms with E-state index in [1.54, 1.807) is 17.0 Å². The number of rotatable bonds is 9. The van der Waals surface area contributed by atoms with Crippen LogP contribution in [0.2, 0.25) is 0 Å². The molecule has 0 radical (unpaired) electrons. The molecule has 3 aromatic rings. The van der Waals surface area contributed by atoms with Crippen molar-refractivity contribution in [2.45, 2.75) is 58.7 Å². The number of nitrogens with one attached hydrogen (secondary N) is 2. The minimum atomic E-state index is -0.265. The molecule has 1 aliphatic carbocycles. The van der Waals surface area contributed by atoms with Crippen molar-refractivity contribution in [1.82, 2.24) is 14.8 Å². The van der Waals surface area contributed by atoms with Gasteiger partial charge >= 0.3 is 6.03 Å². The van der Waals surface area contributed by atoms with Gasteiger partial charge in [0, 0.05) is 42.6 Å². The third kappa shape index (κ3) is 5.85. The maximum Gasteiger partial charge on any atom is 0.319 e. The first-order valence-electron chi connectivity index (χ1n) is 11.9. The lowest BCUT2D eigenvalue weighted by Gasteiger charge is -2.28. The lowest BCUT2D eigenvalue weighted by molar-refractivity contribution is 0.176. The smallest absolute Gasteiger partial charge is 0.319 e. The van der Waals surface area contributed by atoms with Crippen LogP contribution in [0, 0.1) is 5.92 Å². The van der Waals surface area contributed by atoms with E-state index in [9.17, 15) is 9.59 Å². The standard InChI is InChI=1S/C26H34N4O3/c1-19(2)16-30-18-24(22-11-5-6-12-23(22)25(30)31)28-26(32)27-13-14-29(20-8-3-4-9-20)17-21-10-7-15-33-21/h5-7,10-12,15,18-20H,3-4,8-9,13-14,16-17H2,1-2H3,(H2,27,28,32). The third-order valence-electron chi connectivity index (χ3n) is 6.27. The zero-order valence-electron chi connectivity index (χ0n) is 19.5. The molecule has 2 N–H and O–H groups in total. The summed E-state index contributed by atoms with van der Waals surface area (Å²) in [5.74, 6) is 1.27. The molecule has 0 unspecified atom stereocenters. The molecule has 2 amide bonds. The number of fused-ring (bicyclic) bond motifs is 1. The van der Waals surface area contributed by atoms with Crippen LogP contribution in [0.4, 0.5) is 10.5 Å². The molecule has 0 spiro atoms. The summed E-state index contributed by atoms with van der Waals surface area (Å²) in [6.45, 7) is 6.79. The van der Waals surface area contributed by atoms with Gasteiger partial charge in [0.1, 0.15) is 5.76 Å². The molecule has 1 saturated carbocycles. The van der Waals surface area contributed by atoms with Gasteiger partial charge in [0.25, 0.3) is 5.56 Å². The monoisotopic (exact) mass is 450 g/mol. The van der Waals surface area contributed by atoms with Gasteiger partial charge in [-0.05, 0) is 37.0 Å². The van der Waals surface area contributed by atoms with Gasteiger partial charge in [-0.2, -0.15) is 0 Å². The molecule has 7 nitrogen and oxygen atoms in total. The number of carbonyl (C=O) groups is 1. The number of anilines is 1. The molecule has 2 aromatic heterocycles. The predicted molar refractivity (Wildman–Crippen MR) is 131 cm³/mol. The van der Waals surface area contributed by atoms with Crippen molar-refractivity contribution in [2.24, 2.45) is 5.92 Å². The summed E-state index contributed by atoms with van der Waals surface area (Å²) in [6.07, 6.45) is 8.36. The van der Waals surface area contributed by atoms with Gasteiger partial charge in [0.15, 0.2) is 0 Å². The van der Waals surface area contributed by atoms with Crippen LogP contribution in [0.25, 0.3) is 10.8 Å². The number of nitrogens with zero attached hydrogens (tertiary/aromatic N) is 2. The zero-order chi connectivity index (χ0) is 23.2. The first-order valence-corrected chi connectivity index (χ1v) is 11.9. The summed E-state index contributed by atoms with van der Waals surface area (Å²) in [5, 5.41) is 7.33. The van der Waals surface area contributed by atoms with Crippen LogP contribution in [0.3, 0.4) is 0 Å². The summed E-state index contributed by atoms with van der Waals surface area (Å²) in [6, 6.07) is 11.6. The molecule has 4 rings (SSSR count). The van der Waals surface area contributed by atoms with E-state index in [0.717, 1.165) is 24.2 Å². The molecule has 1 fully saturated rings. The van der Waals surface area contributed by atoms with E-state index < -0.39 is 0 Å². The van der Waals surface area contributed by atoms with Crippen LogP contribution in [0.1, 0.15) is 45.3 Å². The highest BCUT2D eigenvalue weighted by Crippen LogP contribution is 2.25. The van der Waals surface area contributed by atoms with Crippen LogP contribution in [-0.2, 0) is 13.1 Å². The lowest BCUT2D eigenvalue weighted by Crippen LogP contribution is -2.40. The number of hydrogen-bond acceptors (Lipinski definition) is 4. The Morgan fingerprint density at radius 2 is 1.91 bits per heavy atom. The largest absolute Gasteiger partial charge is 0.468 e. The van der Waals surface area contributed by atoms with Crippen LogP contribution in [0.15, 0.2) is 58.1 Å². The molecule has 1 aliphatic rings. The number of carbonyl (C=O) groups excluding carboxylic acids is 1. The Hall–Kier alpha value is -3.06. The quantitative estimate of drug-likeness (QED) is 0.490. The maximum atomic E-state index is 12.8. The minimum absolute atomic E-state index is 0.0320. The number of amides is 2. The van der Waals surface area contributed by atoms with E-state index in [4.69, 9.17) is 4.42 Å². The number of benzene rings is 1. The molecule has 7 heteroatoms. The highest BCUT2D eigenvalue weighted by molar-refractivity contribution is 6.00. The SMILES string of the molecule is CC(C)Cn1cc(NC(=O)NCCN(Cc2ccco2)C2CCCC2)c2ccccc2c1=O. The van der Waals surface area contributed by atoms with E-state index in [1.165, 1.54) is 25.7 Å². The topological polar surface area (TPSA) is 79.5 Å². The molecule has 0 bridgehead atoms. The normalized spacial score (nSPS) is 14.4. The fourth-order valence-corrected chi connectivity index (χ4v) is 4.71. The van der Waals surface area contributed by atoms with Gasteiger partial charge < -0.3 is 19.6 Å². The van der Waals surface area contributed by atoms with Crippen LogP contribution >= 0.6 is 0 Å². The number of urea groups is 1. The predicted octanol–water partition coefficient (Wildman–Crippen LogP) is 4.82. The van der Waals surface area contributed by atoms with E-state index in [1.807, 2.05) is 36.4 Å². The third-order valence-corrected chi connectivity index (χ3v) is 6.27. The molecule has 0 saturated heterocycles. The van der Waals surface area contributed by atoms with Gasteiger partial charge in [-0.15, -0.1) is 0 Å². The maximum absolute atomic E-state index is 12.8. The molecule has 33 heavy (non-hydrogen) atoms. The van der Waals surface area contributed by atoms with E-state index in [-0.39, 0.29) is 11.6 Å². The number of hydrogen-bond donors (Lipinski definition) is 2. The Kier molecular flexibility index (Phi) is 7.50. The second-order valence-corrected chi connectivity index (χ2v) is 9.31. The molecular weight excluding hydrogens is 416 g/mol. The van der Waals surface area contributed by atoms with Crippen LogP contribution in [0.5, 0.6) is 0 Å². The van der Waals surface area contributed by atoms with E-state index in [0.29, 0.717) is 36.1 Å². The fourth-order valence-electron chi connectivity index (χ4n) is 4.71. The van der Waals surface area contributed by atoms with Crippen molar-refractivity contribution in [3.63, 3.8) is 0 Å². The summed E-state index contributed by atoms with van der Waals surface area (Å²) >= 11 is 0. The molecule has 176 valence electrons. The fraction of sp³-hybridized carbons (Fsp3) is 0.462. The number of aromatic nitrogens is 1. The highest BCUT2D eigenvalue weighted by Gasteiger charge is 2.23. The van der Waals surface area contributed by atoms with E-state index in [2.05, 4.69) is 29.4 Å². The summed E-state index contributed by atoms with van der Waals surface area (Å²) in [4.78, 5) is 28.0. The number of pyridine rings is 1. The average molecular weight is 451 g/mol. The van der Waals surface area contributed by atoms with Crippen LogP contribution in [-0.4, -0.2) is 34.6 Å². The van der Waals surface area contributed by atoms with Crippen molar-refractivity contribution >= 4 is 22.5 Å². The molecular formula is C26H34N4O3. The summed E-state index contributed by atoms with van der Waals surface area (Å²) in [7, 11) is 0. The minimum Gasteiger partial charge on any atom is -0.468 e. The molecule has 0 atom stereocenters. The Morgan fingerprint density at radius 3 is 2.61 bits per heavy atom. The van der Waals surface area contributed by atoms with Gasteiger partial charge in [0.2, 0.25) is 0 Å². The molecule has 0 aliphatic heterocycles. The summed E-state index contributed by atoms with van der Waals surface area (Å²) in [5.41, 5.74) is 0.613. The lowest BCUT2D eigenvalue weighted by atomic mass is 10.1. The van der Waals surface area contributed by atoms with Gasteiger partial charge in [-0.25, -0.2) is 4.79 Å². The number of furan rings is 1. The first-order chi connectivity index (χ1) is 16.0. The Labute approximate surface area is 194 Å². The van der Waals surface area contributed by atoms with Gasteiger partial charge in [-0.1, -0.05) is 44.9 Å². The highest BCUT2D eigenvalue weighted by atomic mass is 16.3. The van der Waals surface area contributed by atoms with Crippen molar-refractivity contribution in [3.8, 4) is 0 Å². The van der Waals surface area contributed by atoms with Crippen LogP contribution < -0.4 is 16.2 Å². The first kappa shape index (κ1) is 23.1. The molecule has 1 aromatic carbocycles. The second-order valence-electron chi connectivity index (χ2n) is 9.31. The Morgan fingerprint density at radius 1 is 1.15 bits per heavy atom. The van der Waals surface area contributed by atoms with Gasteiger partial charge in [0.05, 0.1) is 18.5 Å². The van der Waals surface area contributed by atoms with E-state index >= 15 is 0 Å². The Balaban J connectivity index is 1.41. The van der Waals surface area contributed by atoms with Crippen molar-refractivity contribution in [3.05, 3.63) is 65.0 Å². The van der Waals surface area contributed by atoms with Crippen molar-refractivity contribution < 1.29 is 9.21 Å². The van der Waals surface area contributed by atoms with Crippen molar-refractivity contribution in [2.75, 3.05) is 18.4 Å². The van der Waals surface area contributed by atoms with Crippen molar-refractivity contribution in [1.29, 1.82) is 0 Å². The molecule has 2 heterocycles. The average Bonchev–Trinajstić information content (AvgIpc) is 3.50.